The summed E-state index contributed by atoms with van der Waals surface area (Å²) in [7, 11) is 0. The smallest absolute Gasteiger partial charge is 0.146 e. The van der Waals surface area contributed by atoms with Crippen LogP contribution in [0.15, 0.2) is 30.3 Å². The van der Waals surface area contributed by atoms with Gasteiger partial charge in [-0.2, -0.15) is 0 Å². The Balaban J connectivity index is 2.19. The Morgan fingerprint density at radius 3 is 2.75 bits per heavy atom. The molecular weight excluding hydrogens is 174 g/mol. The van der Waals surface area contributed by atoms with Crippen molar-refractivity contribution in [3.63, 3.8) is 0 Å². The van der Waals surface area contributed by atoms with Gasteiger partial charge >= 0.3 is 0 Å². The van der Waals surface area contributed by atoms with E-state index in [0.717, 1.165) is 5.56 Å². The molecule has 0 aliphatic carbocycles. The molecule has 1 atom stereocenters. The second kappa shape index (κ2) is 3.37. The fraction of sp³-hybridized carbons (Fsp3) is 0.125. The van der Waals surface area contributed by atoms with Crippen LogP contribution < -0.4 is 9.99 Å². The highest BCUT2D eigenvalue weighted by molar-refractivity contribution is 8.00. The molecule has 1 unspecified atom stereocenters. The van der Waals surface area contributed by atoms with Crippen LogP contribution in [0.2, 0.25) is 0 Å². The zero-order valence-electron chi connectivity index (χ0n) is 6.19. The molecule has 1 N–H and O–H groups in total. The first kappa shape index (κ1) is 7.94. The summed E-state index contributed by atoms with van der Waals surface area (Å²) in [6.07, 6.45) is -1.09. The third-order valence-corrected chi connectivity index (χ3v) is 2.41. The van der Waals surface area contributed by atoms with Crippen LogP contribution in [0.5, 0.6) is 0 Å². The van der Waals surface area contributed by atoms with E-state index in [4.69, 9.17) is 0 Å². The van der Waals surface area contributed by atoms with Gasteiger partial charge in [0.25, 0.3) is 0 Å². The van der Waals surface area contributed by atoms with E-state index in [-0.39, 0.29) is 0 Å². The number of benzene rings is 1. The summed E-state index contributed by atoms with van der Waals surface area (Å²) >= 11 is 1.24. The lowest BCUT2D eigenvalue weighted by Gasteiger charge is -2.13. The number of nitrogens with one attached hydrogen (secondary N) is 1. The normalized spacial score (nSPS) is 23.1. The molecular formula is C8H7NO2S. The second-order valence-electron chi connectivity index (χ2n) is 2.37. The topological polar surface area (TPSA) is 44.3 Å². The van der Waals surface area contributed by atoms with Gasteiger partial charge < -0.3 is 5.11 Å². The predicted octanol–water partition coefficient (Wildman–Crippen LogP) is 0.436. The Bertz CT molecular complexity index is 254. The Morgan fingerprint density at radius 1 is 1.42 bits per heavy atom. The molecule has 0 aromatic heterocycles. The van der Waals surface area contributed by atoms with E-state index < -0.39 is 6.29 Å². The zero-order chi connectivity index (χ0) is 8.39. The highest BCUT2D eigenvalue weighted by Crippen LogP contribution is 2.32. The maximum Gasteiger partial charge on any atom is 0.146 e. The van der Waals surface area contributed by atoms with Crippen molar-refractivity contribution >= 4 is 11.9 Å². The van der Waals surface area contributed by atoms with E-state index in [1.165, 1.54) is 11.9 Å². The number of hydrogen-bond donors (Lipinski definition) is 1. The molecule has 2 rings (SSSR count). The van der Waals surface area contributed by atoms with E-state index in [1.807, 2.05) is 30.3 Å². The van der Waals surface area contributed by atoms with Crippen molar-refractivity contribution in [1.29, 1.82) is 0 Å². The van der Waals surface area contributed by atoms with E-state index in [9.17, 15) is 5.11 Å². The minimum absolute atomic E-state index is 0.690. The average Bonchev–Trinajstić information content (AvgIpc) is 2.53. The first-order valence-corrected chi connectivity index (χ1v) is 4.35. The third kappa shape index (κ3) is 1.42. The van der Waals surface area contributed by atoms with E-state index >= 15 is 0 Å². The molecule has 1 aliphatic heterocycles. The van der Waals surface area contributed by atoms with Crippen LogP contribution in [-0.4, -0.2) is 6.29 Å². The van der Waals surface area contributed by atoms with Crippen LogP contribution >= 0.6 is 11.9 Å². The van der Waals surface area contributed by atoms with Gasteiger partial charge in [-0.25, -0.2) is 0 Å². The summed E-state index contributed by atoms with van der Waals surface area (Å²) in [5.74, 6) is 0. The summed E-state index contributed by atoms with van der Waals surface area (Å²) in [4.78, 5) is 7.13. The SMILES string of the molecule is [O-]C1ONS[C+]1c1ccccc1. The van der Waals surface area contributed by atoms with Gasteiger partial charge in [0.15, 0.2) is 0 Å². The molecule has 1 fully saturated rings. The predicted molar refractivity (Wildman–Crippen MR) is 44.4 cm³/mol. The van der Waals surface area contributed by atoms with Gasteiger partial charge in [-0.05, 0) is 18.2 Å². The van der Waals surface area contributed by atoms with Crippen molar-refractivity contribution in [3.05, 3.63) is 41.1 Å². The molecule has 1 saturated heterocycles. The lowest BCUT2D eigenvalue weighted by molar-refractivity contribution is -0.480. The summed E-state index contributed by atoms with van der Waals surface area (Å²) in [6.45, 7) is 0. The Kier molecular flexibility index (Phi) is 2.23. The van der Waals surface area contributed by atoms with Crippen molar-refractivity contribution in [1.82, 2.24) is 4.89 Å². The highest BCUT2D eigenvalue weighted by Gasteiger charge is 2.29. The summed E-state index contributed by atoms with van der Waals surface area (Å²) in [5, 5.41) is 11.8. The van der Waals surface area contributed by atoms with Crippen LogP contribution in [0.1, 0.15) is 5.56 Å². The molecule has 1 aliphatic rings. The van der Waals surface area contributed by atoms with Crippen molar-refractivity contribution in [2.75, 3.05) is 0 Å². The molecule has 0 radical (unpaired) electrons. The molecule has 1 heterocycles. The number of hydrogen-bond acceptors (Lipinski definition) is 4. The lowest BCUT2D eigenvalue weighted by atomic mass is 10.1. The number of rotatable bonds is 1. The van der Waals surface area contributed by atoms with E-state index in [0.29, 0.717) is 5.25 Å². The van der Waals surface area contributed by atoms with Crippen LogP contribution in [0.4, 0.5) is 0 Å². The van der Waals surface area contributed by atoms with Crippen LogP contribution in [0.25, 0.3) is 0 Å². The Labute approximate surface area is 74.8 Å². The van der Waals surface area contributed by atoms with Crippen molar-refractivity contribution in [3.8, 4) is 0 Å². The van der Waals surface area contributed by atoms with Gasteiger partial charge in [0.05, 0.1) is 6.29 Å². The largest absolute Gasteiger partial charge is 0.815 e. The zero-order valence-corrected chi connectivity index (χ0v) is 7.01. The quantitative estimate of drug-likeness (QED) is 0.504. The fourth-order valence-corrected chi connectivity index (χ4v) is 1.64. The van der Waals surface area contributed by atoms with Crippen LogP contribution in [0, 0.1) is 5.25 Å². The van der Waals surface area contributed by atoms with E-state index in [1.54, 1.807) is 0 Å². The van der Waals surface area contributed by atoms with Gasteiger partial charge in [-0.3, -0.25) is 4.84 Å². The summed E-state index contributed by atoms with van der Waals surface area (Å²) < 4.78 is 0. The van der Waals surface area contributed by atoms with Gasteiger partial charge in [0.2, 0.25) is 0 Å². The third-order valence-electron chi connectivity index (χ3n) is 1.58. The average molecular weight is 181 g/mol. The minimum Gasteiger partial charge on any atom is -0.815 e. The Morgan fingerprint density at radius 2 is 2.17 bits per heavy atom. The first-order chi connectivity index (χ1) is 5.88. The van der Waals surface area contributed by atoms with E-state index in [2.05, 4.69) is 9.72 Å². The van der Waals surface area contributed by atoms with Crippen molar-refractivity contribution in [2.24, 2.45) is 0 Å². The first-order valence-electron chi connectivity index (χ1n) is 3.53. The summed E-state index contributed by atoms with van der Waals surface area (Å²) in [5.41, 5.74) is 0.924. The molecule has 0 bridgehead atoms. The fourth-order valence-electron chi connectivity index (χ4n) is 1.01. The van der Waals surface area contributed by atoms with Crippen LogP contribution in [-0.2, 0) is 4.84 Å². The minimum atomic E-state index is -1.09. The molecule has 12 heavy (non-hydrogen) atoms. The van der Waals surface area contributed by atoms with Crippen LogP contribution in [0.3, 0.4) is 0 Å². The maximum absolute atomic E-state index is 11.1. The van der Waals surface area contributed by atoms with Crippen molar-refractivity contribution < 1.29 is 9.94 Å². The molecule has 62 valence electrons. The monoisotopic (exact) mass is 181 g/mol. The Hall–Kier alpha value is -0.680. The van der Waals surface area contributed by atoms with Gasteiger partial charge in [-0.1, -0.05) is 0 Å². The van der Waals surface area contributed by atoms with Gasteiger partial charge in [0, 0.05) is 24.1 Å². The standard InChI is InChI=1S/C8H7NO2S/c10-8-7(12-9-11-8)6-4-2-1-3-5-6/h1-5,8-9H. The molecule has 1 aromatic rings. The molecule has 0 amide bonds. The summed E-state index contributed by atoms with van der Waals surface area (Å²) in [6, 6.07) is 9.49. The molecule has 0 spiro atoms. The highest BCUT2D eigenvalue weighted by atomic mass is 32.2. The molecule has 1 aromatic carbocycles. The second-order valence-corrected chi connectivity index (χ2v) is 3.18. The van der Waals surface area contributed by atoms with Gasteiger partial charge in [-0.15, -0.1) is 4.89 Å². The molecule has 0 saturated carbocycles. The lowest BCUT2D eigenvalue weighted by Crippen LogP contribution is -2.30. The molecule has 3 nitrogen and oxygen atoms in total. The molecule has 4 heteroatoms. The van der Waals surface area contributed by atoms with Gasteiger partial charge in [0.1, 0.15) is 10.8 Å². The maximum atomic E-state index is 11.1. The van der Waals surface area contributed by atoms with Crippen molar-refractivity contribution in [2.45, 2.75) is 6.29 Å².